The third-order valence-electron chi connectivity index (χ3n) is 19.7. The molecule has 0 aliphatic heterocycles. The highest BCUT2D eigenvalue weighted by atomic mass is 31.2. The lowest BCUT2D eigenvalue weighted by molar-refractivity contribution is 0.217. The van der Waals surface area contributed by atoms with Crippen LogP contribution in [0.5, 0.6) is 0 Å². The van der Waals surface area contributed by atoms with Gasteiger partial charge in [-0.15, -0.1) is 18.7 Å². The molecule has 0 radical (unpaired) electrons. The fourth-order valence-electron chi connectivity index (χ4n) is 14.0. The van der Waals surface area contributed by atoms with E-state index in [4.69, 9.17) is 0 Å². The van der Waals surface area contributed by atoms with Crippen LogP contribution in [0.3, 0.4) is 0 Å². The van der Waals surface area contributed by atoms with Gasteiger partial charge in [0, 0.05) is 52.4 Å². The Hall–Kier alpha value is 0.270. The summed E-state index contributed by atoms with van der Waals surface area (Å²) >= 11 is 0. The molecule has 0 unspecified atom stereocenters. The van der Waals surface area contributed by atoms with Gasteiger partial charge in [0.1, 0.15) is 0 Å². The SMILES string of the molecule is CCCCCCCCCCN(CCCCCCCCCC)[P+](N(CCCCCCCCCC)CCCCCCCCCC)(N(CCCCCCCCCC)CCCCCCCCCC)N(CCCCCCCCCC)CCCCCCCCCC. The van der Waals surface area contributed by atoms with Gasteiger partial charge < -0.3 is 0 Å². The van der Waals surface area contributed by atoms with Crippen molar-refractivity contribution in [1.82, 2.24) is 18.7 Å². The van der Waals surface area contributed by atoms with E-state index in [0.29, 0.717) is 0 Å². The zero-order chi connectivity index (χ0) is 61.7. The summed E-state index contributed by atoms with van der Waals surface area (Å²) in [6.07, 6.45) is 91.3. The quantitative estimate of drug-likeness (QED) is 0.0444. The van der Waals surface area contributed by atoms with Crippen LogP contribution in [-0.4, -0.2) is 71.0 Å². The first kappa shape index (κ1) is 85.3. The van der Waals surface area contributed by atoms with Crippen molar-refractivity contribution in [3.63, 3.8) is 0 Å². The molecule has 0 amide bonds. The fourth-order valence-corrected chi connectivity index (χ4v) is 19.4. The Bertz CT molecular complexity index is 936. The predicted octanol–water partition coefficient (Wildman–Crippen LogP) is 29.0. The summed E-state index contributed by atoms with van der Waals surface area (Å²) < 4.78 is 13.8. The summed E-state index contributed by atoms with van der Waals surface area (Å²) in [5.41, 5.74) is 0. The highest BCUT2D eigenvalue weighted by molar-refractivity contribution is 7.66. The molecule has 0 N–H and O–H groups in total. The Morgan fingerprint density at radius 2 is 0.200 bits per heavy atom. The van der Waals surface area contributed by atoms with Crippen LogP contribution in [0.4, 0.5) is 0 Å². The minimum atomic E-state index is -2.17. The van der Waals surface area contributed by atoms with Gasteiger partial charge in [0.05, 0.1) is 0 Å². The van der Waals surface area contributed by atoms with Crippen LogP contribution in [0.25, 0.3) is 0 Å². The summed E-state index contributed by atoms with van der Waals surface area (Å²) in [4.78, 5) is 0. The van der Waals surface area contributed by atoms with Gasteiger partial charge in [0.15, 0.2) is 0 Å². The van der Waals surface area contributed by atoms with Gasteiger partial charge in [-0.1, -0.05) is 415 Å². The van der Waals surface area contributed by atoms with Crippen molar-refractivity contribution < 1.29 is 0 Å². The van der Waals surface area contributed by atoms with Gasteiger partial charge in [-0.3, -0.25) is 0 Å². The molecular weight excluding hydrogens is 1050 g/mol. The van der Waals surface area contributed by atoms with Gasteiger partial charge in [0.2, 0.25) is 0 Å². The minimum absolute atomic E-state index is 1.33. The molecule has 0 spiro atoms. The van der Waals surface area contributed by atoms with Crippen molar-refractivity contribution in [2.75, 3.05) is 52.4 Å². The molecule has 0 aliphatic carbocycles. The Morgan fingerprint density at radius 1 is 0.118 bits per heavy atom. The van der Waals surface area contributed by atoms with Crippen LogP contribution in [-0.2, 0) is 0 Å². The first-order valence-electron chi connectivity index (χ1n) is 41.0. The predicted molar refractivity (Wildman–Crippen MR) is 394 cm³/mol. The number of nitrogens with zero attached hydrogens (tertiary/aromatic N) is 4. The molecule has 0 aromatic rings. The number of hydrogen-bond acceptors (Lipinski definition) is 4. The van der Waals surface area contributed by atoms with Crippen molar-refractivity contribution >= 4 is 7.87 Å². The summed E-state index contributed by atoms with van der Waals surface area (Å²) in [6.45, 7) is 29.8. The standard InChI is InChI=1S/C80H168N4P/c1-9-17-25-33-41-49-57-65-73-81(74-66-58-50-42-34-26-18-10-2)85(82(75-67-59-51-43-35-27-19-11-3)76-68-60-52-44-36-28-20-12-4,83(77-69-61-53-45-37-29-21-13-5)78-70-62-54-46-38-30-22-14-6)84(79-71-63-55-47-39-31-23-15-7)80-72-64-56-48-40-32-24-16-8/h9-80H2,1-8H3/q+1. The van der Waals surface area contributed by atoms with E-state index in [9.17, 15) is 0 Å². The van der Waals surface area contributed by atoms with E-state index in [2.05, 4.69) is 74.1 Å². The number of unbranched alkanes of at least 4 members (excludes halogenated alkanes) is 56. The molecule has 0 aromatic carbocycles. The van der Waals surface area contributed by atoms with Crippen LogP contribution < -0.4 is 0 Å². The Labute approximate surface area is 542 Å². The number of rotatable bonds is 76. The summed E-state index contributed by atoms with van der Waals surface area (Å²) in [5.74, 6) is 0. The van der Waals surface area contributed by atoms with Crippen molar-refractivity contribution in [2.45, 2.75) is 466 Å². The van der Waals surface area contributed by atoms with Gasteiger partial charge in [-0.25, -0.2) is 0 Å². The van der Waals surface area contributed by atoms with E-state index < -0.39 is 7.87 Å². The van der Waals surface area contributed by atoms with Crippen LogP contribution in [0.2, 0.25) is 0 Å². The Balaban J connectivity index is 8.35. The lowest BCUT2D eigenvalue weighted by atomic mass is 10.1. The smallest absolute Gasteiger partial charge is 0.133 e. The van der Waals surface area contributed by atoms with E-state index in [-0.39, 0.29) is 0 Å². The molecule has 0 bridgehead atoms. The zero-order valence-electron chi connectivity index (χ0n) is 61.1. The van der Waals surface area contributed by atoms with E-state index >= 15 is 0 Å². The second-order valence-electron chi connectivity index (χ2n) is 28.2. The molecule has 0 saturated heterocycles. The van der Waals surface area contributed by atoms with Crippen LogP contribution in [0.1, 0.15) is 466 Å². The third-order valence-corrected chi connectivity index (χ3v) is 24.3. The van der Waals surface area contributed by atoms with Gasteiger partial charge in [-0.05, 0) is 51.4 Å². The Morgan fingerprint density at radius 3 is 0.294 bits per heavy atom. The van der Waals surface area contributed by atoms with Gasteiger partial charge >= 0.3 is 7.87 Å². The van der Waals surface area contributed by atoms with E-state index in [1.165, 1.54) is 463 Å². The molecule has 0 aromatic heterocycles. The van der Waals surface area contributed by atoms with Crippen molar-refractivity contribution in [1.29, 1.82) is 0 Å². The lowest BCUT2D eigenvalue weighted by Crippen LogP contribution is -2.54. The summed E-state index contributed by atoms with van der Waals surface area (Å²) in [6, 6.07) is 0. The molecule has 0 atom stereocenters. The highest BCUT2D eigenvalue weighted by Crippen LogP contribution is 2.71. The summed E-state index contributed by atoms with van der Waals surface area (Å²) in [7, 11) is -2.17. The third kappa shape index (κ3) is 52.5. The van der Waals surface area contributed by atoms with E-state index in [1.54, 1.807) is 0 Å². The molecule has 0 heterocycles. The average molecular weight is 1220 g/mol. The molecule has 0 aliphatic rings. The van der Waals surface area contributed by atoms with Gasteiger partial charge in [0.25, 0.3) is 0 Å². The first-order chi connectivity index (χ1) is 42.1. The van der Waals surface area contributed by atoms with Crippen LogP contribution >= 0.6 is 7.87 Å². The maximum Gasteiger partial charge on any atom is 0.308 e. The molecule has 85 heavy (non-hydrogen) atoms. The molecule has 0 saturated carbocycles. The summed E-state index contributed by atoms with van der Waals surface area (Å²) in [5, 5.41) is 0. The minimum Gasteiger partial charge on any atom is -0.133 e. The van der Waals surface area contributed by atoms with Gasteiger partial charge in [-0.2, -0.15) is 0 Å². The van der Waals surface area contributed by atoms with Crippen molar-refractivity contribution in [3.05, 3.63) is 0 Å². The first-order valence-corrected chi connectivity index (χ1v) is 42.6. The monoisotopic (exact) mass is 1220 g/mol. The largest absolute Gasteiger partial charge is 0.308 e. The average Bonchev–Trinajstić information content (AvgIpc) is 3.67. The van der Waals surface area contributed by atoms with Crippen LogP contribution in [0, 0.1) is 0 Å². The number of hydrogen-bond donors (Lipinski definition) is 0. The molecular formula is C80H168N4P+. The van der Waals surface area contributed by atoms with Crippen LogP contribution in [0.15, 0.2) is 0 Å². The molecule has 5 heteroatoms. The Kier molecular flexibility index (Phi) is 71.9. The van der Waals surface area contributed by atoms with Crippen molar-refractivity contribution in [2.24, 2.45) is 0 Å². The highest BCUT2D eigenvalue weighted by Gasteiger charge is 2.60. The molecule has 0 rings (SSSR count). The second-order valence-corrected chi connectivity index (χ2v) is 31.5. The fraction of sp³-hybridized carbons (Fsp3) is 1.00. The normalized spacial score (nSPS) is 12.3. The lowest BCUT2D eigenvalue weighted by Gasteiger charge is -2.52. The molecule has 4 nitrogen and oxygen atoms in total. The molecule has 512 valence electrons. The maximum absolute atomic E-state index is 3.46. The topological polar surface area (TPSA) is 13.0 Å². The van der Waals surface area contributed by atoms with E-state index in [0.717, 1.165) is 0 Å². The van der Waals surface area contributed by atoms with E-state index in [1.807, 2.05) is 0 Å². The maximum atomic E-state index is 3.46. The second kappa shape index (κ2) is 71.7. The zero-order valence-corrected chi connectivity index (χ0v) is 62.0. The van der Waals surface area contributed by atoms with Crippen molar-refractivity contribution in [3.8, 4) is 0 Å². The molecule has 0 fully saturated rings.